The molecule has 0 saturated heterocycles. The first kappa shape index (κ1) is 17.9. The van der Waals surface area contributed by atoms with E-state index in [-0.39, 0.29) is 5.75 Å². The van der Waals surface area contributed by atoms with Crippen molar-refractivity contribution >= 4 is 10.0 Å². The quantitative estimate of drug-likeness (QED) is 0.614. The van der Waals surface area contributed by atoms with Crippen molar-refractivity contribution < 1.29 is 8.42 Å². The van der Waals surface area contributed by atoms with Gasteiger partial charge in [0.15, 0.2) is 0 Å². The van der Waals surface area contributed by atoms with Gasteiger partial charge in [0.05, 0.1) is 5.75 Å². The Balaban J connectivity index is 4.59. The Morgan fingerprint density at radius 2 is 1.56 bits per heavy atom. The van der Waals surface area contributed by atoms with Gasteiger partial charge in [0.2, 0.25) is 10.0 Å². The summed E-state index contributed by atoms with van der Waals surface area (Å²) in [7, 11) is -3.07. The summed E-state index contributed by atoms with van der Waals surface area (Å²) in [6.07, 6.45) is 0.683. The molecule has 0 radical (unpaired) electrons. The minimum atomic E-state index is -3.07. The first-order chi connectivity index (χ1) is 8.37. The van der Waals surface area contributed by atoms with Crippen LogP contribution >= 0.6 is 0 Å². The molecule has 0 fully saturated rings. The summed E-state index contributed by atoms with van der Waals surface area (Å²) in [5, 5.41) is 0. The van der Waals surface area contributed by atoms with Gasteiger partial charge in [0, 0.05) is 19.6 Å². The fraction of sp³-hybridized carbons (Fsp3) is 1.00. The predicted molar refractivity (Wildman–Crippen MR) is 78.3 cm³/mol. The van der Waals surface area contributed by atoms with Gasteiger partial charge in [-0.15, -0.1) is 0 Å². The summed E-state index contributed by atoms with van der Waals surface area (Å²) in [5.74, 6) is 0.631. The fourth-order valence-corrected chi connectivity index (χ4v) is 3.59. The first-order valence-corrected chi connectivity index (χ1v) is 8.68. The maximum Gasteiger partial charge on any atom is 0.214 e. The number of likely N-dealkylation sites (N-methyl/N-ethyl adjacent to an activating group) is 1. The van der Waals surface area contributed by atoms with Crippen LogP contribution in [0, 0.1) is 5.92 Å². The second-order valence-corrected chi connectivity index (χ2v) is 7.18. The molecule has 110 valence electrons. The largest absolute Gasteiger partial charge is 0.303 e. The smallest absolute Gasteiger partial charge is 0.214 e. The minimum Gasteiger partial charge on any atom is -0.303 e. The van der Waals surface area contributed by atoms with Gasteiger partial charge in [-0.2, -0.15) is 0 Å². The van der Waals surface area contributed by atoms with Gasteiger partial charge in [-0.25, -0.2) is 12.7 Å². The van der Waals surface area contributed by atoms with Crippen molar-refractivity contribution in [3.63, 3.8) is 0 Å². The molecule has 5 heteroatoms. The van der Waals surface area contributed by atoms with Crippen molar-refractivity contribution in [2.75, 3.05) is 38.5 Å². The van der Waals surface area contributed by atoms with Crippen LogP contribution in [0.15, 0.2) is 0 Å². The third-order valence-electron chi connectivity index (χ3n) is 2.98. The molecule has 0 atom stereocenters. The van der Waals surface area contributed by atoms with Crippen molar-refractivity contribution in [3.05, 3.63) is 0 Å². The lowest BCUT2D eigenvalue weighted by molar-refractivity contribution is 0.262. The van der Waals surface area contributed by atoms with E-state index < -0.39 is 10.0 Å². The predicted octanol–water partition coefficient (Wildman–Crippen LogP) is 2.03. The molecule has 0 rings (SSSR count). The Morgan fingerprint density at radius 3 is 1.94 bits per heavy atom. The molecule has 0 saturated carbocycles. The lowest BCUT2D eigenvalue weighted by Gasteiger charge is -2.27. The number of nitrogens with zero attached hydrogens (tertiary/aromatic N) is 2. The molecule has 0 aromatic heterocycles. The van der Waals surface area contributed by atoms with Crippen LogP contribution in [0.2, 0.25) is 0 Å². The molecule has 0 amide bonds. The standard InChI is InChI=1S/C13H30N2O2S/c1-6-11-18(16,17)15(12-13(4)5)10-9-14(7-2)8-3/h13H,6-12H2,1-5H3. The van der Waals surface area contributed by atoms with E-state index in [1.165, 1.54) is 0 Å². The van der Waals surface area contributed by atoms with E-state index in [1.807, 2.05) is 6.92 Å². The zero-order valence-electron chi connectivity index (χ0n) is 12.6. The molecule has 0 heterocycles. The van der Waals surface area contributed by atoms with Gasteiger partial charge >= 0.3 is 0 Å². The van der Waals surface area contributed by atoms with Crippen molar-refractivity contribution in [1.29, 1.82) is 0 Å². The molecular formula is C13H30N2O2S. The molecular weight excluding hydrogens is 248 g/mol. The third-order valence-corrected chi connectivity index (χ3v) is 5.03. The van der Waals surface area contributed by atoms with Gasteiger partial charge in [0.25, 0.3) is 0 Å². The van der Waals surface area contributed by atoms with E-state index >= 15 is 0 Å². The third kappa shape index (κ3) is 6.71. The molecule has 0 aliphatic heterocycles. The summed E-state index contributed by atoms with van der Waals surface area (Å²) >= 11 is 0. The van der Waals surface area contributed by atoms with Gasteiger partial charge in [-0.1, -0.05) is 34.6 Å². The number of hydrogen-bond acceptors (Lipinski definition) is 3. The Morgan fingerprint density at radius 1 is 1.00 bits per heavy atom. The van der Waals surface area contributed by atoms with Crippen molar-refractivity contribution in [2.24, 2.45) is 5.92 Å². The summed E-state index contributed by atoms with van der Waals surface area (Å²) in [4.78, 5) is 2.26. The highest BCUT2D eigenvalue weighted by atomic mass is 32.2. The highest BCUT2D eigenvalue weighted by Gasteiger charge is 2.22. The summed E-state index contributed by atoms with van der Waals surface area (Å²) in [5.41, 5.74) is 0. The van der Waals surface area contributed by atoms with Crippen LogP contribution in [0.3, 0.4) is 0 Å². The summed E-state index contributed by atoms with van der Waals surface area (Å²) in [6.45, 7) is 14.3. The molecule has 4 nitrogen and oxygen atoms in total. The highest BCUT2D eigenvalue weighted by molar-refractivity contribution is 7.89. The van der Waals surface area contributed by atoms with E-state index in [0.717, 1.165) is 19.6 Å². The van der Waals surface area contributed by atoms with Crippen LogP contribution in [0.1, 0.15) is 41.0 Å². The van der Waals surface area contributed by atoms with Gasteiger partial charge < -0.3 is 4.90 Å². The molecule has 0 bridgehead atoms. The molecule has 0 N–H and O–H groups in total. The highest BCUT2D eigenvalue weighted by Crippen LogP contribution is 2.08. The van der Waals surface area contributed by atoms with E-state index in [9.17, 15) is 8.42 Å². The van der Waals surface area contributed by atoms with Crippen molar-refractivity contribution in [2.45, 2.75) is 41.0 Å². The molecule has 0 aromatic carbocycles. The molecule has 0 aromatic rings. The Bertz CT molecular complexity index is 298. The molecule has 0 spiro atoms. The average molecular weight is 278 g/mol. The minimum absolute atomic E-state index is 0.262. The SMILES string of the molecule is CCCS(=O)(=O)N(CCN(CC)CC)CC(C)C. The van der Waals surface area contributed by atoms with E-state index in [2.05, 4.69) is 32.6 Å². The van der Waals surface area contributed by atoms with Crippen LogP contribution < -0.4 is 0 Å². The Labute approximate surface area is 113 Å². The summed E-state index contributed by atoms with van der Waals surface area (Å²) in [6, 6.07) is 0. The van der Waals surface area contributed by atoms with Gasteiger partial charge in [-0.3, -0.25) is 0 Å². The van der Waals surface area contributed by atoms with Gasteiger partial charge in [-0.05, 0) is 25.4 Å². The zero-order chi connectivity index (χ0) is 14.2. The van der Waals surface area contributed by atoms with E-state index in [1.54, 1.807) is 4.31 Å². The molecule has 18 heavy (non-hydrogen) atoms. The maximum atomic E-state index is 12.2. The monoisotopic (exact) mass is 278 g/mol. The maximum absolute atomic E-state index is 12.2. The molecule has 0 aliphatic rings. The first-order valence-electron chi connectivity index (χ1n) is 7.07. The normalized spacial score (nSPS) is 12.9. The lowest BCUT2D eigenvalue weighted by Crippen LogP contribution is -2.41. The zero-order valence-corrected chi connectivity index (χ0v) is 13.5. The Kier molecular flexibility index (Phi) is 8.82. The van der Waals surface area contributed by atoms with Crippen LogP contribution in [-0.4, -0.2) is 56.1 Å². The topological polar surface area (TPSA) is 40.6 Å². The summed E-state index contributed by atoms with van der Waals surface area (Å²) < 4.78 is 26.0. The lowest BCUT2D eigenvalue weighted by atomic mass is 10.2. The van der Waals surface area contributed by atoms with E-state index in [0.29, 0.717) is 25.4 Å². The number of hydrogen-bond donors (Lipinski definition) is 0. The average Bonchev–Trinajstić information content (AvgIpc) is 2.28. The van der Waals surface area contributed by atoms with Crippen LogP contribution in [0.4, 0.5) is 0 Å². The fourth-order valence-electron chi connectivity index (χ4n) is 1.93. The van der Waals surface area contributed by atoms with Gasteiger partial charge in [0.1, 0.15) is 0 Å². The number of rotatable bonds is 10. The second-order valence-electron chi connectivity index (χ2n) is 5.09. The van der Waals surface area contributed by atoms with Crippen molar-refractivity contribution in [3.8, 4) is 0 Å². The van der Waals surface area contributed by atoms with Crippen molar-refractivity contribution in [1.82, 2.24) is 9.21 Å². The van der Waals surface area contributed by atoms with Crippen LogP contribution in [0.25, 0.3) is 0 Å². The number of sulfonamides is 1. The van der Waals surface area contributed by atoms with Crippen LogP contribution in [0.5, 0.6) is 0 Å². The van der Waals surface area contributed by atoms with E-state index in [4.69, 9.17) is 0 Å². The molecule has 0 unspecified atom stereocenters. The Hall–Kier alpha value is -0.130. The molecule has 0 aliphatic carbocycles. The second kappa shape index (κ2) is 8.88. The van der Waals surface area contributed by atoms with Crippen LogP contribution in [-0.2, 0) is 10.0 Å².